The van der Waals surface area contributed by atoms with Gasteiger partial charge >= 0.3 is 0 Å². The van der Waals surface area contributed by atoms with Gasteiger partial charge in [-0.25, -0.2) is 0 Å². The van der Waals surface area contributed by atoms with Crippen LogP contribution >= 0.6 is 0 Å². The molecule has 1 aliphatic carbocycles. The number of hydrogen-bond acceptors (Lipinski definition) is 3. The molecule has 0 spiro atoms. The van der Waals surface area contributed by atoms with Crippen molar-refractivity contribution < 1.29 is 4.74 Å². The number of methoxy groups -OCH3 is 1. The van der Waals surface area contributed by atoms with E-state index in [0.717, 1.165) is 24.8 Å². The Balaban J connectivity index is 1.99. The fourth-order valence-electron chi connectivity index (χ4n) is 2.90. The van der Waals surface area contributed by atoms with Crippen LogP contribution in [0, 0.1) is 19.8 Å². The molecule has 0 aliphatic heterocycles. The van der Waals surface area contributed by atoms with Crippen molar-refractivity contribution in [3.05, 3.63) is 28.8 Å². The molecule has 3 heteroatoms. The molecule has 0 saturated heterocycles. The largest absolute Gasteiger partial charge is 0.496 e. The molecule has 2 rings (SSSR count). The molecule has 3 nitrogen and oxygen atoms in total. The lowest BCUT2D eigenvalue weighted by molar-refractivity contribution is 0.177. The third-order valence-corrected chi connectivity index (χ3v) is 4.18. The fraction of sp³-hybridized carbons (Fsp3) is 0.625. The second-order valence-corrected chi connectivity index (χ2v) is 6.04. The van der Waals surface area contributed by atoms with Gasteiger partial charge in [0.05, 0.1) is 7.11 Å². The van der Waals surface area contributed by atoms with E-state index in [9.17, 15) is 0 Å². The van der Waals surface area contributed by atoms with E-state index >= 15 is 0 Å². The lowest BCUT2D eigenvalue weighted by Crippen LogP contribution is -2.41. The van der Waals surface area contributed by atoms with Gasteiger partial charge in [-0.3, -0.25) is 0 Å². The van der Waals surface area contributed by atoms with E-state index in [-0.39, 0.29) is 0 Å². The van der Waals surface area contributed by atoms with Crippen LogP contribution in [0.1, 0.15) is 29.5 Å². The number of nitrogens with zero attached hydrogens (tertiary/aromatic N) is 1. The standard InChI is InChI=1S/C16H26N2O/c1-11-5-14(16(19-4)6-12(11)2)10-18(3)9-13-7-15(17)8-13/h5-6,13,15H,7-10,17H2,1-4H3. The van der Waals surface area contributed by atoms with Gasteiger partial charge < -0.3 is 15.4 Å². The Morgan fingerprint density at radius 1 is 1.26 bits per heavy atom. The van der Waals surface area contributed by atoms with Crippen molar-refractivity contribution in [3.8, 4) is 5.75 Å². The number of ether oxygens (including phenoxy) is 1. The molecular weight excluding hydrogens is 236 g/mol. The molecule has 0 aromatic heterocycles. The van der Waals surface area contributed by atoms with E-state index in [1.807, 2.05) is 0 Å². The van der Waals surface area contributed by atoms with Gasteiger partial charge in [-0.1, -0.05) is 6.07 Å². The zero-order valence-electron chi connectivity index (χ0n) is 12.6. The Morgan fingerprint density at radius 2 is 1.89 bits per heavy atom. The second kappa shape index (κ2) is 5.93. The van der Waals surface area contributed by atoms with Gasteiger partial charge in [0.1, 0.15) is 5.75 Å². The van der Waals surface area contributed by atoms with E-state index in [2.05, 4.69) is 37.9 Å². The summed E-state index contributed by atoms with van der Waals surface area (Å²) in [7, 11) is 3.93. The van der Waals surface area contributed by atoms with E-state index in [0.29, 0.717) is 6.04 Å². The normalized spacial score (nSPS) is 22.4. The maximum Gasteiger partial charge on any atom is 0.123 e. The zero-order chi connectivity index (χ0) is 14.0. The van der Waals surface area contributed by atoms with E-state index in [4.69, 9.17) is 10.5 Å². The monoisotopic (exact) mass is 262 g/mol. The molecule has 1 saturated carbocycles. The molecule has 0 radical (unpaired) electrons. The molecule has 0 amide bonds. The topological polar surface area (TPSA) is 38.5 Å². The molecular formula is C16H26N2O. The number of rotatable bonds is 5. The van der Waals surface area contributed by atoms with E-state index in [1.54, 1.807) is 7.11 Å². The first-order valence-electron chi connectivity index (χ1n) is 7.07. The van der Waals surface area contributed by atoms with Crippen LogP contribution < -0.4 is 10.5 Å². The molecule has 1 fully saturated rings. The Morgan fingerprint density at radius 3 is 2.47 bits per heavy atom. The van der Waals surface area contributed by atoms with Gasteiger partial charge in [0.25, 0.3) is 0 Å². The summed E-state index contributed by atoms with van der Waals surface area (Å²) in [6.07, 6.45) is 2.35. The minimum absolute atomic E-state index is 0.439. The highest BCUT2D eigenvalue weighted by atomic mass is 16.5. The third kappa shape index (κ3) is 3.48. The fourth-order valence-corrected chi connectivity index (χ4v) is 2.90. The molecule has 1 aromatic rings. The summed E-state index contributed by atoms with van der Waals surface area (Å²) in [5.74, 6) is 1.78. The van der Waals surface area contributed by atoms with Crippen molar-refractivity contribution in [2.24, 2.45) is 11.7 Å². The third-order valence-electron chi connectivity index (χ3n) is 4.18. The van der Waals surface area contributed by atoms with Gasteiger partial charge in [-0.05, 0) is 56.8 Å². The predicted octanol–water partition coefficient (Wildman–Crippen LogP) is 2.48. The number of benzene rings is 1. The Kier molecular flexibility index (Phi) is 4.48. The molecule has 0 bridgehead atoms. The lowest BCUT2D eigenvalue weighted by atomic mass is 9.80. The van der Waals surface area contributed by atoms with Crippen LogP contribution in [-0.2, 0) is 6.54 Å². The summed E-state index contributed by atoms with van der Waals surface area (Å²) in [5.41, 5.74) is 9.73. The number of nitrogens with two attached hydrogens (primary N) is 1. The maximum atomic E-state index is 5.84. The van der Waals surface area contributed by atoms with Gasteiger partial charge in [0.2, 0.25) is 0 Å². The smallest absolute Gasteiger partial charge is 0.123 e. The Bertz CT molecular complexity index is 439. The summed E-state index contributed by atoms with van der Waals surface area (Å²) in [5, 5.41) is 0. The first-order chi connectivity index (χ1) is 8.99. The summed E-state index contributed by atoms with van der Waals surface area (Å²) in [4.78, 5) is 2.38. The molecule has 106 valence electrons. The van der Waals surface area contributed by atoms with E-state index < -0.39 is 0 Å². The average Bonchev–Trinajstić information content (AvgIpc) is 2.31. The summed E-state index contributed by atoms with van der Waals surface area (Å²) >= 11 is 0. The van der Waals surface area contributed by atoms with Crippen molar-refractivity contribution in [3.63, 3.8) is 0 Å². The Labute approximate surface area is 116 Å². The predicted molar refractivity (Wildman–Crippen MR) is 79.5 cm³/mol. The van der Waals surface area contributed by atoms with E-state index in [1.165, 1.54) is 29.5 Å². The molecule has 19 heavy (non-hydrogen) atoms. The van der Waals surface area contributed by atoms with Crippen LogP contribution in [0.4, 0.5) is 0 Å². The van der Waals surface area contributed by atoms with Crippen LogP contribution in [0.2, 0.25) is 0 Å². The molecule has 0 heterocycles. The van der Waals surface area contributed by atoms with Gasteiger partial charge in [0.15, 0.2) is 0 Å². The lowest BCUT2D eigenvalue weighted by Gasteiger charge is -2.35. The quantitative estimate of drug-likeness (QED) is 0.886. The van der Waals surface area contributed by atoms with Crippen LogP contribution in [-0.4, -0.2) is 31.6 Å². The summed E-state index contributed by atoms with van der Waals surface area (Å²) in [6, 6.07) is 4.82. The molecule has 1 aromatic carbocycles. The highest BCUT2D eigenvalue weighted by Gasteiger charge is 2.26. The summed E-state index contributed by atoms with van der Waals surface area (Å²) < 4.78 is 5.50. The minimum atomic E-state index is 0.439. The van der Waals surface area contributed by atoms with Crippen LogP contribution in [0.3, 0.4) is 0 Å². The molecule has 1 aliphatic rings. The number of hydrogen-bond donors (Lipinski definition) is 1. The highest BCUT2D eigenvalue weighted by Crippen LogP contribution is 2.28. The maximum absolute atomic E-state index is 5.84. The van der Waals surface area contributed by atoms with Crippen LogP contribution in [0.25, 0.3) is 0 Å². The van der Waals surface area contributed by atoms with Gasteiger partial charge in [-0.15, -0.1) is 0 Å². The first-order valence-corrected chi connectivity index (χ1v) is 7.07. The van der Waals surface area contributed by atoms with Gasteiger partial charge in [0, 0.05) is 24.7 Å². The van der Waals surface area contributed by atoms with Crippen LogP contribution in [0.5, 0.6) is 5.75 Å². The van der Waals surface area contributed by atoms with Crippen molar-refractivity contribution >= 4 is 0 Å². The van der Waals surface area contributed by atoms with Crippen LogP contribution in [0.15, 0.2) is 12.1 Å². The van der Waals surface area contributed by atoms with Crippen molar-refractivity contribution in [2.75, 3.05) is 20.7 Å². The van der Waals surface area contributed by atoms with Crippen molar-refractivity contribution in [2.45, 2.75) is 39.3 Å². The molecule has 0 atom stereocenters. The van der Waals surface area contributed by atoms with Crippen molar-refractivity contribution in [1.82, 2.24) is 4.90 Å². The highest BCUT2D eigenvalue weighted by molar-refractivity contribution is 5.41. The average molecular weight is 262 g/mol. The SMILES string of the molecule is COc1cc(C)c(C)cc1CN(C)CC1CC(N)C1. The molecule has 0 unspecified atom stereocenters. The van der Waals surface area contributed by atoms with Crippen molar-refractivity contribution in [1.29, 1.82) is 0 Å². The second-order valence-electron chi connectivity index (χ2n) is 6.04. The Hall–Kier alpha value is -1.06. The molecule has 2 N–H and O–H groups in total. The minimum Gasteiger partial charge on any atom is -0.496 e. The zero-order valence-corrected chi connectivity index (χ0v) is 12.6. The van der Waals surface area contributed by atoms with Gasteiger partial charge in [-0.2, -0.15) is 0 Å². The first kappa shape index (κ1) is 14.4. The number of aryl methyl sites for hydroxylation is 2. The summed E-state index contributed by atoms with van der Waals surface area (Å²) in [6.45, 7) is 6.35.